The number of carbonyl (C=O) groups excluding carboxylic acids is 1. The molecular formula is C15H19BrN4O. The zero-order valence-electron chi connectivity index (χ0n) is 12.1. The third kappa shape index (κ3) is 3.64. The van der Waals surface area contributed by atoms with Gasteiger partial charge in [-0.1, -0.05) is 29.8 Å². The molecule has 0 aliphatic heterocycles. The number of rotatable bonds is 5. The zero-order chi connectivity index (χ0) is 15.6. The van der Waals surface area contributed by atoms with Gasteiger partial charge in [0.25, 0.3) is 0 Å². The number of primary amides is 1. The maximum atomic E-state index is 11.4. The number of carbonyl (C=O) groups is 1. The Morgan fingerprint density at radius 2 is 2.14 bits per heavy atom. The number of halogens is 1. The van der Waals surface area contributed by atoms with Gasteiger partial charge in [-0.2, -0.15) is 0 Å². The standard InChI is InChI=1S/C15H19BrN4O/c1-9(2)7-20(8-14(18)21)15-11-5-10(16)3-4-13(11)19-6-12(15)17/h3-6,9H,7-8,17H2,1-2H3,(H2,18,21). The van der Waals surface area contributed by atoms with Crippen LogP contribution in [0.1, 0.15) is 13.8 Å². The van der Waals surface area contributed by atoms with E-state index in [0.29, 0.717) is 18.2 Å². The van der Waals surface area contributed by atoms with Crippen molar-refractivity contribution in [2.24, 2.45) is 11.7 Å². The number of hydrogen-bond acceptors (Lipinski definition) is 4. The highest BCUT2D eigenvalue weighted by Crippen LogP contribution is 2.33. The Hall–Kier alpha value is -1.82. The van der Waals surface area contributed by atoms with Crippen LogP contribution >= 0.6 is 15.9 Å². The molecule has 0 unspecified atom stereocenters. The third-order valence-electron chi connectivity index (χ3n) is 3.08. The Bertz CT molecular complexity index is 667. The number of hydrogen-bond donors (Lipinski definition) is 2. The molecule has 0 spiro atoms. The van der Waals surface area contributed by atoms with E-state index in [2.05, 4.69) is 34.8 Å². The lowest BCUT2D eigenvalue weighted by Crippen LogP contribution is -2.36. The molecule has 2 rings (SSSR count). The summed E-state index contributed by atoms with van der Waals surface area (Å²) in [5.74, 6) is -0.00544. The molecule has 0 radical (unpaired) electrons. The summed E-state index contributed by atoms with van der Waals surface area (Å²) in [6.07, 6.45) is 1.62. The number of benzene rings is 1. The third-order valence-corrected chi connectivity index (χ3v) is 3.57. The van der Waals surface area contributed by atoms with Crippen molar-refractivity contribution in [3.8, 4) is 0 Å². The second kappa shape index (κ2) is 6.30. The van der Waals surface area contributed by atoms with Gasteiger partial charge in [0.2, 0.25) is 5.91 Å². The van der Waals surface area contributed by atoms with Gasteiger partial charge in [-0.15, -0.1) is 0 Å². The predicted octanol–water partition coefficient (Wildman–Crippen LogP) is 2.53. The minimum atomic E-state index is -0.380. The van der Waals surface area contributed by atoms with E-state index in [1.807, 2.05) is 23.1 Å². The second-order valence-corrected chi connectivity index (χ2v) is 6.38. The first-order valence-electron chi connectivity index (χ1n) is 6.75. The second-order valence-electron chi connectivity index (χ2n) is 5.46. The van der Waals surface area contributed by atoms with Crippen molar-refractivity contribution < 1.29 is 4.79 Å². The van der Waals surface area contributed by atoms with E-state index >= 15 is 0 Å². The first kappa shape index (κ1) is 15.6. The van der Waals surface area contributed by atoms with E-state index in [-0.39, 0.29) is 12.5 Å². The average Bonchev–Trinajstić information content (AvgIpc) is 2.36. The van der Waals surface area contributed by atoms with Gasteiger partial charge in [0.15, 0.2) is 0 Å². The topological polar surface area (TPSA) is 85.2 Å². The number of nitrogens with zero attached hydrogens (tertiary/aromatic N) is 2. The van der Waals surface area contributed by atoms with Crippen molar-refractivity contribution >= 4 is 44.1 Å². The molecule has 4 N–H and O–H groups in total. The molecule has 112 valence electrons. The number of aromatic nitrogens is 1. The highest BCUT2D eigenvalue weighted by molar-refractivity contribution is 9.10. The van der Waals surface area contributed by atoms with Gasteiger partial charge in [-0.3, -0.25) is 9.78 Å². The summed E-state index contributed by atoms with van der Waals surface area (Å²) < 4.78 is 0.937. The average molecular weight is 351 g/mol. The summed E-state index contributed by atoms with van der Waals surface area (Å²) in [6.45, 7) is 5.00. The summed E-state index contributed by atoms with van der Waals surface area (Å²) in [7, 11) is 0. The quantitative estimate of drug-likeness (QED) is 0.867. The Morgan fingerprint density at radius 3 is 2.76 bits per heavy atom. The largest absolute Gasteiger partial charge is 0.396 e. The monoisotopic (exact) mass is 350 g/mol. The van der Waals surface area contributed by atoms with Gasteiger partial charge < -0.3 is 16.4 Å². The summed E-state index contributed by atoms with van der Waals surface area (Å²) in [4.78, 5) is 17.7. The van der Waals surface area contributed by atoms with E-state index in [1.54, 1.807) is 6.20 Å². The van der Waals surface area contributed by atoms with Gasteiger partial charge in [0.1, 0.15) is 0 Å². The van der Waals surface area contributed by atoms with Crippen LogP contribution in [-0.2, 0) is 4.79 Å². The number of amides is 1. The van der Waals surface area contributed by atoms with Crippen LogP contribution in [0.2, 0.25) is 0 Å². The van der Waals surface area contributed by atoms with Gasteiger partial charge in [-0.05, 0) is 24.1 Å². The van der Waals surface area contributed by atoms with Crippen molar-refractivity contribution in [3.63, 3.8) is 0 Å². The van der Waals surface area contributed by atoms with Crippen molar-refractivity contribution in [1.29, 1.82) is 0 Å². The number of nitrogen functional groups attached to an aromatic ring is 1. The van der Waals surface area contributed by atoms with Crippen LogP contribution in [0.5, 0.6) is 0 Å². The molecular weight excluding hydrogens is 332 g/mol. The van der Waals surface area contributed by atoms with Crippen molar-refractivity contribution in [2.45, 2.75) is 13.8 Å². The molecule has 1 heterocycles. The molecule has 0 aliphatic carbocycles. The van der Waals surface area contributed by atoms with E-state index in [1.165, 1.54) is 0 Å². The molecule has 0 aliphatic rings. The van der Waals surface area contributed by atoms with E-state index in [4.69, 9.17) is 11.5 Å². The lowest BCUT2D eigenvalue weighted by molar-refractivity contribution is -0.116. The Kier molecular flexibility index (Phi) is 4.67. The zero-order valence-corrected chi connectivity index (χ0v) is 13.7. The molecule has 5 nitrogen and oxygen atoms in total. The first-order chi connectivity index (χ1) is 9.88. The molecule has 21 heavy (non-hydrogen) atoms. The van der Waals surface area contributed by atoms with Crippen LogP contribution in [0.15, 0.2) is 28.9 Å². The van der Waals surface area contributed by atoms with Crippen LogP contribution in [-0.4, -0.2) is 24.0 Å². The highest BCUT2D eigenvalue weighted by Gasteiger charge is 2.17. The van der Waals surface area contributed by atoms with Gasteiger partial charge in [0, 0.05) is 16.4 Å². The van der Waals surface area contributed by atoms with Crippen LogP contribution in [0.4, 0.5) is 11.4 Å². The molecule has 1 amide bonds. The molecule has 6 heteroatoms. The molecule has 0 fully saturated rings. The molecule has 1 aromatic heterocycles. The fraction of sp³-hybridized carbons (Fsp3) is 0.333. The minimum Gasteiger partial charge on any atom is -0.396 e. The normalized spacial score (nSPS) is 11.0. The lowest BCUT2D eigenvalue weighted by Gasteiger charge is -2.27. The first-order valence-corrected chi connectivity index (χ1v) is 7.54. The number of fused-ring (bicyclic) bond motifs is 1. The van der Waals surface area contributed by atoms with E-state index in [9.17, 15) is 4.79 Å². The van der Waals surface area contributed by atoms with Crippen LogP contribution in [0.25, 0.3) is 10.9 Å². The summed E-state index contributed by atoms with van der Waals surface area (Å²) in [6, 6.07) is 5.80. The summed E-state index contributed by atoms with van der Waals surface area (Å²) in [5.41, 5.74) is 13.7. The Morgan fingerprint density at radius 1 is 1.43 bits per heavy atom. The summed E-state index contributed by atoms with van der Waals surface area (Å²) in [5, 5.41) is 0.909. The fourth-order valence-corrected chi connectivity index (χ4v) is 2.74. The molecule has 2 aromatic rings. The maximum absolute atomic E-state index is 11.4. The molecule has 0 saturated heterocycles. The molecule has 0 bridgehead atoms. The number of pyridine rings is 1. The smallest absolute Gasteiger partial charge is 0.236 e. The van der Waals surface area contributed by atoms with Crippen LogP contribution in [0.3, 0.4) is 0 Å². The molecule has 0 atom stereocenters. The summed E-state index contributed by atoms with van der Waals surface area (Å²) >= 11 is 3.46. The predicted molar refractivity (Wildman–Crippen MR) is 90.1 cm³/mol. The van der Waals surface area contributed by atoms with Gasteiger partial charge >= 0.3 is 0 Å². The van der Waals surface area contributed by atoms with Crippen molar-refractivity contribution in [2.75, 3.05) is 23.7 Å². The molecule has 1 aromatic carbocycles. The van der Waals surface area contributed by atoms with Gasteiger partial charge in [0.05, 0.1) is 29.6 Å². The SMILES string of the molecule is CC(C)CN(CC(N)=O)c1c(N)cnc2ccc(Br)cc12. The number of nitrogens with two attached hydrogens (primary N) is 2. The van der Waals surface area contributed by atoms with Crippen LogP contribution < -0.4 is 16.4 Å². The van der Waals surface area contributed by atoms with E-state index in [0.717, 1.165) is 21.1 Å². The highest BCUT2D eigenvalue weighted by atomic mass is 79.9. The minimum absolute atomic E-state index is 0.133. The Balaban J connectivity index is 2.61. The van der Waals surface area contributed by atoms with Gasteiger partial charge in [-0.25, -0.2) is 0 Å². The maximum Gasteiger partial charge on any atom is 0.236 e. The van der Waals surface area contributed by atoms with E-state index < -0.39 is 0 Å². The fourth-order valence-electron chi connectivity index (χ4n) is 2.38. The molecule has 0 saturated carbocycles. The number of anilines is 2. The Labute approximate surface area is 132 Å². The van der Waals surface area contributed by atoms with Crippen LogP contribution in [0, 0.1) is 5.92 Å². The lowest BCUT2D eigenvalue weighted by atomic mass is 10.1. The van der Waals surface area contributed by atoms with Crippen molar-refractivity contribution in [1.82, 2.24) is 4.98 Å². The van der Waals surface area contributed by atoms with Crippen molar-refractivity contribution in [3.05, 3.63) is 28.9 Å².